The lowest BCUT2D eigenvalue weighted by atomic mass is 9.67. The molecule has 0 spiro atoms. The van der Waals surface area contributed by atoms with Gasteiger partial charge in [0.25, 0.3) is 0 Å². The van der Waals surface area contributed by atoms with Crippen LogP contribution in [0.3, 0.4) is 0 Å². The molecule has 0 fully saturated rings. The molecule has 0 amide bonds. The van der Waals surface area contributed by atoms with Gasteiger partial charge in [-0.1, -0.05) is 211 Å². The average Bonchev–Trinajstić information content (AvgIpc) is 1.55. The second-order valence-electron chi connectivity index (χ2n) is 14.5. The number of hydrogen-bond donors (Lipinski definition) is 0. The molecule has 0 heterocycles. The largest absolute Gasteiger partial charge is 0.0713 e. The van der Waals surface area contributed by atoms with Gasteiger partial charge >= 0.3 is 0 Å². The molecule has 13 aromatic carbocycles. The van der Waals surface area contributed by atoms with E-state index in [9.17, 15) is 37.0 Å². The highest BCUT2D eigenvalue weighted by atomic mass is 14.5. The van der Waals surface area contributed by atoms with Crippen LogP contribution in [0.2, 0.25) is 0 Å². The molecule has 1 aliphatic rings. The maximum atomic E-state index is 10.7. The van der Waals surface area contributed by atoms with Gasteiger partial charge in [-0.25, -0.2) is 0 Å². The van der Waals surface area contributed by atoms with Gasteiger partial charge in [0.05, 0.1) is 57.5 Å². The zero-order valence-corrected chi connectivity index (χ0v) is 31.5. The second kappa shape index (κ2) is 13.0. The van der Waals surface area contributed by atoms with Gasteiger partial charge in [-0.3, -0.25) is 0 Å². The van der Waals surface area contributed by atoms with Crippen molar-refractivity contribution in [3.63, 3.8) is 0 Å². The first kappa shape index (κ1) is 14.2. The average molecular weight is 833 g/mol. The van der Waals surface area contributed by atoms with Crippen LogP contribution in [0.5, 0.6) is 0 Å². The Morgan fingerprint density at radius 2 is 0.619 bits per heavy atom. The van der Waals surface area contributed by atoms with Crippen molar-refractivity contribution in [3.8, 4) is 44.5 Å². The maximum Gasteiger partial charge on any atom is 0.0713 e. The van der Waals surface area contributed by atoms with Crippen molar-refractivity contribution in [2.75, 3.05) is 0 Å². The molecular weight excluding hydrogens is 757 g/mol. The Kier molecular flexibility index (Phi) is 2.93. The van der Waals surface area contributed by atoms with Crippen molar-refractivity contribution in [2.45, 2.75) is 5.41 Å². The van der Waals surface area contributed by atoms with Crippen molar-refractivity contribution in [2.24, 2.45) is 0 Å². The summed E-state index contributed by atoms with van der Waals surface area (Å²) in [4.78, 5) is 0. The summed E-state index contributed by atoms with van der Waals surface area (Å²) in [6, 6.07) is -41.8. The SMILES string of the molecule is [2H]c1c([2H])c([2H])c(C2(c3c([2H])c([2H])c([2H])c([2H])c3[2H])c3c([2H])c(-c4c([2H])c([2H])c([2H])c(-c5c([2H])c([2H])c6c([2H])c([2H])c7c([2H])c([2H])c([2H])c8c([2H])c([2H])c5c6c78)c4[2H])c([2H])c([2H])c3-c3c([2H])c([2H])c(-c4c([2H])c([2H])c5c([2H])c([2H])c6c([2H])c([2H])c([2H])c7c([2H])c([2H])c4c5c67)c([2H])c32)c([2H])c1[2H]. The van der Waals surface area contributed by atoms with Gasteiger partial charge in [-0.15, -0.1) is 0 Å². The maximum absolute atomic E-state index is 10.7. The molecule has 0 nitrogen and oxygen atoms in total. The Labute approximate surface area is 419 Å². The molecule has 1 aliphatic carbocycles. The van der Waals surface area contributed by atoms with Crippen LogP contribution in [-0.2, 0) is 5.41 Å². The number of benzene rings is 13. The topological polar surface area (TPSA) is 0 Å². The minimum Gasteiger partial charge on any atom is -0.0622 e. The van der Waals surface area contributed by atoms with E-state index < -0.39 is 366 Å². The van der Waals surface area contributed by atoms with Gasteiger partial charge < -0.3 is 0 Å². The third kappa shape index (κ3) is 4.81. The molecule has 290 valence electrons. The normalized spacial score (nSPS) is 21.7. The lowest BCUT2D eigenvalue weighted by Gasteiger charge is -2.34. The van der Waals surface area contributed by atoms with Crippen LogP contribution in [0.25, 0.3) is 109 Å². The van der Waals surface area contributed by atoms with Crippen LogP contribution in [0, 0.1) is 0 Å². The molecule has 0 radical (unpaired) electrons. The van der Waals surface area contributed by atoms with E-state index in [1.165, 1.54) is 0 Å². The monoisotopic (exact) mass is 833 g/mol. The highest BCUT2D eigenvalue weighted by Crippen LogP contribution is 2.58. The first-order valence-electron chi connectivity index (χ1n) is 38.0. The highest BCUT2D eigenvalue weighted by Gasteiger charge is 2.46. The summed E-state index contributed by atoms with van der Waals surface area (Å²) in [6.07, 6.45) is 0. The molecule has 14 rings (SSSR count). The van der Waals surface area contributed by atoms with Crippen molar-refractivity contribution in [1.29, 1.82) is 0 Å². The van der Waals surface area contributed by atoms with Crippen LogP contribution < -0.4 is 0 Å². The molecule has 13 aromatic rings. The molecule has 0 bridgehead atoms. The summed E-state index contributed by atoms with van der Waals surface area (Å²) in [7, 11) is 0. The molecule has 0 aromatic heterocycles. The van der Waals surface area contributed by atoms with E-state index in [-0.39, 0.29) is 0 Å². The summed E-state index contributed by atoms with van der Waals surface area (Å²) in [5.41, 5.74) is -16.7. The first-order valence-corrected chi connectivity index (χ1v) is 19.0. The van der Waals surface area contributed by atoms with Crippen LogP contribution in [0.15, 0.2) is 230 Å². The van der Waals surface area contributed by atoms with Gasteiger partial charge in [0.1, 0.15) is 0 Å². The van der Waals surface area contributed by atoms with E-state index in [2.05, 4.69) is 0 Å². The van der Waals surface area contributed by atoms with Crippen LogP contribution >= 0.6 is 0 Å². The molecular formula is C63H38. The predicted molar refractivity (Wildman–Crippen MR) is 267 cm³/mol. The van der Waals surface area contributed by atoms with E-state index in [1.807, 2.05) is 0 Å². The van der Waals surface area contributed by atoms with Crippen molar-refractivity contribution in [3.05, 3.63) is 252 Å². The fourth-order valence-electron chi connectivity index (χ4n) is 8.72. The fourth-order valence-corrected chi connectivity index (χ4v) is 8.72. The summed E-state index contributed by atoms with van der Waals surface area (Å²) in [5, 5.41) is -6.50. The summed E-state index contributed by atoms with van der Waals surface area (Å²) in [5.74, 6) is 0. The number of fused-ring (bicyclic) bond motifs is 3. The summed E-state index contributed by atoms with van der Waals surface area (Å²) >= 11 is 0. The van der Waals surface area contributed by atoms with Gasteiger partial charge in [-0.2, -0.15) is 0 Å². The molecule has 0 saturated carbocycles. The van der Waals surface area contributed by atoms with E-state index in [0.29, 0.717) is 0 Å². The van der Waals surface area contributed by atoms with Crippen molar-refractivity contribution >= 4 is 64.6 Å². The second-order valence-corrected chi connectivity index (χ2v) is 14.5. The molecule has 63 heavy (non-hydrogen) atoms. The molecule has 0 N–H and O–H groups in total. The Morgan fingerprint density at radius 1 is 0.254 bits per heavy atom. The van der Waals surface area contributed by atoms with E-state index in [4.69, 9.17) is 15.1 Å². The standard InChI is InChI=1S/C63H38/c1-3-16-49(17-4-1)63(50-18-5-2-6-19-50)57-37-46(45-14-9-15-47(36-45)51-30-24-43-22-20-39-10-7-12-41-26-34-55(51)61(43)59(39)41)28-32-53(57)54-33-29-48(38-58(54)63)52-31-25-44-23-21-40-11-8-13-42-27-35-56(52)62(44)60(40)42/h1-38H/i1D,2D,3D,4D,5D,6D,7D,8D,9D,10D,11D,12D,13D,14D,15D,16D,17D,18D,19D,20D,21D,22D,23D,24D,25D,26D,27D,28D,29D,30D,31D,32D,33D,34D,35D,36D,37D,38D. The molecule has 0 aliphatic heterocycles. The van der Waals surface area contributed by atoms with E-state index in [1.54, 1.807) is 0 Å². The first-order chi connectivity index (χ1) is 47.1. The molecule has 0 unspecified atom stereocenters. The van der Waals surface area contributed by atoms with Crippen LogP contribution in [0.4, 0.5) is 0 Å². The van der Waals surface area contributed by atoms with Crippen LogP contribution in [0.1, 0.15) is 74.3 Å². The van der Waals surface area contributed by atoms with Gasteiger partial charge in [-0.05, 0) is 150 Å². The quantitative estimate of drug-likeness (QED) is 0.152. The lowest BCUT2D eigenvalue weighted by molar-refractivity contribution is 0.769. The molecule has 0 saturated heterocycles. The zero-order chi connectivity index (χ0) is 74.3. The van der Waals surface area contributed by atoms with Crippen molar-refractivity contribution in [1.82, 2.24) is 0 Å². The minimum atomic E-state index is -3.65. The predicted octanol–water partition coefficient (Wildman–Crippen LogP) is 16.8. The number of hydrogen-bond acceptors (Lipinski definition) is 0. The van der Waals surface area contributed by atoms with Crippen molar-refractivity contribution < 1.29 is 52.1 Å². The van der Waals surface area contributed by atoms with Crippen LogP contribution in [-0.4, -0.2) is 0 Å². The van der Waals surface area contributed by atoms with E-state index >= 15 is 0 Å². The van der Waals surface area contributed by atoms with Gasteiger partial charge in [0.15, 0.2) is 0 Å². The smallest absolute Gasteiger partial charge is 0.0622 e. The third-order valence-electron chi connectivity index (χ3n) is 11.4. The third-order valence-corrected chi connectivity index (χ3v) is 11.4. The Bertz CT molecular complexity index is 6050. The zero-order valence-electron chi connectivity index (χ0n) is 69.5. The van der Waals surface area contributed by atoms with E-state index in [0.717, 1.165) is 0 Å². The minimum absolute atomic E-state index is 0.394. The lowest BCUT2D eigenvalue weighted by Crippen LogP contribution is -2.28. The fraction of sp³-hybridized carbons (Fsp3) is 0.0159. The van der Waals surface area contributed by atoms with Gasteiger partial charge in [0.2, 0.25) is 0 Å². The Hall–Kier alpha value is -8.06. The molecule has 0 heteroatoms. The molecule has 0 atom stereocenters. The number of rotatable bonds is 5. The Balaban J connectivity index is 1.23. The summed E-state index contributed by atoms with van der Waals surface area (Å²) in [6.45, 7) is 0. The summed E-state index contributed by atoms with van der Waals surface area (Å²) < 4.78 is 360. The Morgan fingerprint density at radius 3 is 1.14 bits per heavy atom. The van der Waals surface area contributed by atoms with Gasteiger partial charge in [0, 0.05) is 0 Å². The highest BCUT2D eigenvalue weighted by molar-refractivity contribution is 6.26.